The van der Waals surface area contributed by atoms with Crippen LogP contribution in [-0.4, -0.2) is 36.3 Å². The number of nitrogens with zero attached hydrogens (tertiary/aromatic N) is 1. The molecule has 0 aliphatic carbocycles. The van der Waals surface area contributed by atoms with E-state index in [-0.39, 0.29) is 37.6 Å². The van der Waals surface area contributed by atoms with Crippen molar-refractivity contribution in [3.05, 3.63) is 65.2 Å². The van der Waals surface area contributed by atoms with Gasteiger partial charge < -0.3 is 14.4 Å². The maximum Gasteiger partial charge on any atom is 0.416 e. The van der Waals surface area contributed by atoms with E-state index in [0.29, 0.717) is 12.1 Å². The molecule has 0 bridgehead atoms. The highest BCUT2D eigenvalue weighted by molar-refractivity contribution is 5.68. The Morgan fingerprint density at radius 3 is 1.97 bits per heavy atom. The van der Waals surface area contributed by atoms with Gasteiger partial charge in [-0.3, -0.25) is 0 Å². The number of benzene rings is 2. The van der Waals surface area contributed by atoms with Crippen LogP contribution in [0.4, 0.5) is 31.1 Å². The number of carbonyl (C=O) groups excluding carboxylic acids is 1. The van der Waals surface area contributed by atoms with Crippen LogP contribution in [0.1, 0.15) is 43.4 Å². The highest BCUT2D eigenvalue weighted by atomic mass is 19.4. The van der Waals surface area contributed by atoms with Crippen LogP contribution in [0.2, 0.25) is 0 Å². The van der Waals surface area contributed by atoms with Gasteiger partial charge in [0.2, 0.25) is 0 Å². The van der Waals surface area contributed by atoms with Crippen molar-refractivity contribution in [2.75, 3.05) is 19.7 Å². The second-order valence-electron chi connectivity index (χ2n) is 9.22. The Balaban J connectivity index is 1.84. The number of rotatable bonds is 4. The summed E-state index contributed by atoms with van der Waals surface area (Å²) < 4.78 is 89.8. The van der Waals surface area contributed by atoms with Gasteiger partial charge in [-0.2, -0.15) is 26.3 Å². The summed E-state index contributed by atoms with van der Waals surface area (Å²) in [6.45, 7) is 5.45. The molecular weight excluding hydrogens is 464 g/mol. The number of amides is 1. The SMILES string of the molecule is CC(C)(C)OC(=O)N1C[C@@H](COc2cc(C(F)(F)F)cc(C(F)(F)F)c2)[C@H](c2ccccc2)C1. The van der Waals surface area contributed by atoms with Gasteiger partial charge in [-0.25, -0.2) is 4.79 Å². The quantitative estimate of drug-likeness (QED) is 0.446. The average molecular weight is 489 g/mol. The van der Waals surface area contributed by atoms with Crippen LogP contribution in [0.25, 0.3) is 0 Å². The van der Waals surface area contributed by atoms with Gasteiger partial charge in [0, 0.05) is 24.9 Å². The molecule has 3 rings (SSSR count). The molecule has 0 saturated carbocycles. The molecular formula is C24H25F6NO3. The maximum atomic E-state index is 13.2. The molecule has 1 heterocycles. The molecule has 1 aliphatic heterocycles. The molecule has 1 saturated heterocycles. The van der Waals surface area contributed by atoms with E-state index in [9.17, 15) is 31.1 Å². The van der Waals surface area contributed by atoms with Crippen LogP contribution in [0.5, 0.6) is 5.75 Å². The zero-order chi connectivity index (χ0) is 25.3. The van der Waals surface area contributed by atoms with Crippen molar-refractivity contribution in [3.8, 4) is 5.75 Å². The first-order valence-corrected chi connectivity index (χ1v) is 10.6. The number of ether oxygens (including phenoxy) is 2. The van der Waals surface area contributed by atoms with E-state index >= 15 is 0 Å². The summed E-state index contributed by atoms with van der Waals surface area (Å²) in [5.41, 5.74) is -2.74. The average Bonchev–Trinajstić information content (AvgIpc) is 3.15. The number of hydrogen-bond donors (Lipinski definition) is 0. The molecule has 0 aromatic heterocycles. The largest absolute Gasteiger partial charge is 0.493 e. The van der Waals surface area contributed by atoms with Crippen LogP contribution in [0.3, 0.4) is 0 Å². The minimum Gasteiger partial charge on any atom is -0.493 e. The van der Waals surface area contributed by atoms with Crippen LogP contribution in [0, 0.1) is 5.92 Å². The van der Waals surface area contributed by atoms with E-state index in [1.807, 2.05) is 30.3 Å². The summed E-state index contributed by atoms with van der Waals surface area (Å²) in [5, 5.41) is 0. The predicted molar refractivity (Wildman–Crippen MR) is 112 cm³/mol. The van der Waals surface area contributed by atoms with Crippen LogP contribution in [-0.2, 0) is 17.1 Å². The van der Waals surface area contributed by atoms with Crippen molar-refractivity contribution in [3.63, 3.8) is 0 Å². The Kier molecular flexibility index (Phi) is 7.10. The normalized spacial score (nSPS) is 19.3. The first kappa shape index (κ1) is 25.7. The van der Waals surface area contributed by atoms with E-state index in [0.717, 1.165) is 5.56 Å². The van der Waals surface area contributed by atoms with Crippen molar-refractivity contribution in [1.29, 1.82) is 0 Å². The number of likely N-dealkylation sites (tertiary alicyclic amines) is 1. The van der Waals surface area contributed by atoms with Gasteiger partial charge in [0.1, 0.15) is 11.4 Å². The van der Waals surface area contributed by atoms with Gasteiger partial charge in [0.15, 0.2) is 0 Å². The first-order chi connectivity index (χ1) is 15.6. The molecule has 186 valence electrons. The summed E-state index contributed by atoms with van der Waals surface area (Å²) >= 11 is 0. The van der Waals surface area contributed by atoms with Crippen molar-refractivity contribution < 1.29 is 40.6 Å². The molecule has 10 heteroatoms. The minimum absolute atomic E-state index is 0.0550. The molecule has 1 amide bonds. The third-order valence-electron chi connectivity index (χ3n) is 5.35. The van der Waals surface area contributed by atoms with Crippen molar-refractivity contribution in [2.45, 2.75) is 44.6 Å². The molecule has 1 aliphatic rings. The lowest BCUT2D eigenvalue weighted by atomic mass is 9.89. The highest BCUT2D eigenvalue weighted by Gasteiger charge is 2.40. The van der Waals surface area contributed by atoms with Gasteiger partial charge in [0.05, 0.1) is 17.7 Å². The van der Waals surface area contributed by atoms with Crippen molar-refractivity contribution in [2.24, 2.45) is 5.92 Å². The van der Waals surface area contributed by atoms with Gasteiger partial charge in [0.25, 0.3) is 0 Å². The van der Waals surface area contributed by atoms with E-state index in [4.69, 9.17) is 9.47 Å². The maximum absolute atomic E-state index is 13.2. The molecule has 0 spiro atoms. The Labute approximate surface area is 193 Å². The number of carbonyl (C=O) groups is 1. The molecule has 2 atom stereocenters. The van der Waals surface area contributed by atoms with Gasteiger partial charge in [-0.1, -0.05) is 30.3 Å². The fourth-order valence-electron chi connectivity index (χ4n) is 3.81. The Hall–Kier alpha value is -2.91. The number of alkyl halides is 6. The van der Waals surface area contributed by atoms with Crippen LogP contribution >= 0.6 is 0 Å². The van der Waals surface area contributed by atoms with E-state index in [1.165, 1.54) is 4.90 Å². The van der Waals surface area contributed by atoms with E-state index in [1.54, 1.807) is 20.8 Å². The molecule has 2 aromatic carbocycles. The molecule has 0 unspecified atom stereocenters. The smallest absolute Gasteiger partial charge is 0.416 e. The standard InChI is InChI=1S/C24H25F6NO3/c1-22(2,3)34-21(32)31-12-16(20(13-31)15-7-5-4-6-8-15)14-33-19-10-17(23(25,26)27)9-18(11-19)24(28,29)30/h4-11,16,20H,12-14H2,1-3H3/t16-,20-/m0/s1. The summed E-state index contributed by atoms with van der Waals surface area (Å²) in [6, 6.07) is 10.3. The lowest BCUT2D eigenvalue weighted by Crippen LogP contribution is -2.35. The van der Waals surface area contributed by atoms with Crippen molar-refractivity contribution >= 4 is 6.09 Å². The Bertz CT molecular complexity index is 966. The third-order valence-corrected chi connectivity index (χ3v) is 5.35. The topological polar surface area (TPSA) is 38.8 Å². The molecule has 4 nitrogen and oxygen atoms in total. The fraction of sp³-hybridized carbons (Fsp3) is 0.458. The number of hydrogen-bond acceptors (Lipinski definition) is 3. The van der Waals surface area contributed by atoms with E-state index in [2.05, 4.69) is 0 Å². The fourth-order valence-corrected chi connectivity index (χ4v) is 3.81. The molecule has 34 heavy (non-hydrogen) atoms. The lowest BCUT2D eigenvalue weighted by Gasteiger charge is -2.24. The summed E-state index contributed by atoms with van der Waals surface area (Å²) in [5.74, 6) is -1.15. The van der Waals surface area contributed by atoms with Gasteiger partial charge in [-0.05, 0) is 44.5 Å². The molecule has 2 aromatic rings. The second-order valence-corrected chi connectivity index (χ2v) is 9.22. The Morgan fingerprint density at radius 1 is 0.912 bits per heavy atom. The zero-order valence-corrected chi connectivity index (χ0v) is 18.8. The second kappa shape index (κ2) is 9.38. The van der Waals surface area contributed by atoms with E-state index < -0.39 is 40.9 Å². The summed E-state index contributed by atoms with van der Waals surface area (Å²) in [7, 11) is 0. The van der Waals surface area contributed by atoms with Gasteiger partial charge in [-0.15, -0.1) is 0 Å². The van der Waals surface area contributed by atoms with Crippen LogP contribution in [0.15, 0.2) is 48.5 Å². The first-order valence-electron chi connectivity index (χ1n) is 10.6. The number of halogens is 6. The van der Waals surface area contributed by atoms with Crippen molar-refractivity contribution in [1.82, 2.24) is 4.90 Å². The zero-order valence-electron chi connectivity index (χ0n) is 18.8. The summed E-state index contributed by atoms with van der Waals surface area (Å²) in [4.78, 5) is 14.1. The lowest BCUT2D eigenvalue weighted by molar-refractivity contribution is -0.143. The highest BCUT2D eigenvalue weighted by Crippen LogP contribution is 2.39. The van der Waals surface area contributed by atoms with Gasteiger partial charge >= 0.3 is 18.4 Å². The molecule has 1 fully saturated rings. The third kappa shape index (κ3) is 6.57. The molecule has 0 N–H and O–H groups in total. The summed E-state index contributed by atoms with van der Waals surface area (Å²) in [6.07, 6.45) is -10.5. The Morgan fingerprint density at radius 2 is 1.47 bits per heavy atom. The molecule has 0 radical (unpaired) electrons. The van der Waals surface area contributed by atoms with Crippen LogP contribution < -0.4 is 4.74 Å². The predicted octanol–water partition coefficient (Wildman–Crippen LogP) is 6.75. The minimum atomic E-state index is -4.97. The monoisotopic (exact) mass is 489 g/mol.